The molecule has 114 valence electrons. The fraction of sp³-hybridized carbons (Fsp3) is 0.250. The maximum absolute atomic E-state index is 12.4. The van der Waals surface area contributed by atoms with Crippen molar-refractivity contribution < 1.29 is 21.6 Å². The van der Waals surface area contributed by atoms with Crippen molar-refractivity contribution in [3.05, 3.63) is 47.4 Å². The molecule has 9 heteroatoms. The quantitative estimate of drug-likeness (QED) is 0.808. The molecule has 1 aromatic carbocycles. The molecule has 0 fully saturated rings. The molecule has 2 rings (SSSR count). The van der Waals surface area contributed by atoms with E-state index in [0.717, 1.165) is 12.1 Å². The van der Waals surface area contributed by atoms with Crippen LogP contribution in [0.5, 0.6) is 0 Å². The average Bonchev–Trinajstić information content (AvgIpc) is 2.70. The van der Waals surface area contributed by atoms with Gasteiger partial charge in [0.05, 0.1) is 5.56 Å². The Morgan fingerprint density at radius 3 is 2.24 bits per heavy atom. The van der Waals surface area contributed by atoms with Crippen LogP contribution < -0.4 is 0 Å². The molecule has 0 unspecified atom stereocenters. The number of alkyl halides is 3. The van der Waals surface area contributed by atoms with Crippen molar-refractivity contribution in [3.63, 3.8) is 0 Å². The molecule has 0 amide bonds. The number of benzene rings is 1. The van der Waals surface area contributed by atoms with Crippen LogP contribution in [0.4, 0.5) is 13.2 Å². The lowest BCUT2D eigenvalue weighted by Gasteiger charge is -2.08. The van der Waals surface area contributed by atoms with E-state index >= 15 is 0 Å². The van der Waals surface area contributed by atoms with E-state index in [2.05, 4.69) is 4.98 Å². The maximum atomic E-state index is 12.4. The van der Waals surface area contributed by atoms with E-state index in [4.69, 9.17) is 10.7 Å². The lowest BCUT2D eigenvalue weighted by atomic mass is 10.1. The fourth-order valence-corrected chi connectivity index (χ4v) is 2.47. The van der Waals surface area contributed by atoms with Crippen LogP contribution in [0, 0.1) is 6.92 Å². The van der Waals surface area contributed by atoms with E-state index in [1.807, 2.05) is 0 Å². The van der Waals surface area contributed by atoms with Crippen LogP contribution in [0.2, 0.25) is 0 Å². The molecule has 0 bridgehead atoms. The predicted molar refractivity (Wildman–Crippen MR) is 70.5 cm³/mol. The number of aryl methyl sites for hydroxylation is 1. The predicted octanol–water partition coefficient (Wildman–Crippen LogP) is 3.19. The minimum Gasteiger partial charge on any atom is -0.329 e. The van der Waals surface area contributed by atoms with Gasteiger partial charge < -0.3 is 4.57 Å². The summed E-state index contributed by atoms with van der Waals surface area (Å²) in [6.45, 7) is 1.78. The highest BCUT2D eigenvalue weighted by molar-refractivity contribution is 8.13. The van der Waals surface area contributed by atoms with E-state index in [9.17, 15) is 21.6 Å². The number of rotatable bonds is 3. The Kier molecular flexibility index (Phi) is 4.03. The largest absolute Gasteiger partial charge is 0.416 e. The zero-order valence-corrected chi connectivity index (χ0v) is 12.3. The van der Waals surface area contributed by atoms with Gasteiger partial charge in [0.25, 0.3) is 9.05 Å². The fourth-order valence-electron chi connectivity index (χ4n) is 1.75. The number of nitrogens with zero attached hydrogens (tertiary/aromatic N) is 2. The van der Waals surface area contributed by atoms with Crippen molar-refractivity contribution in [2.45, 2.75) is 24.7 Å². The van der Waals surface area contributed by atoms with Crippen molar-refractivity contribution in [1.82, 2.24) is 9.55 Å². The molecule has 0 saturated heterocycles. The highest BCUT2D eigenvalue weighted by Gasteiger charge is 2.29. The van der Waals surface area contributed by atoms with E-state index in [1.54, 1.807) is 6.92 Å². The summed E-state index contributed by atoms with van der Waals surface area (Å²) in [6, 6.07) is 4.61. The zero-order valence-electron chi connectivity index (χ0n) is 10.7. The molecule has 0 saturated carbocycles. The minimum absolute atomic E-state index is 0.198. The number of imidazole rings is 1. The minimum atomic E-state index is -4.39. The van der Waals surface area contributed by atoms with E-state index < -0.39 is 20.8 Å². The maximum Gasteiger partial charge on any atom is 0.416 e. The first-order valence-corrected chi connectivity index (χ1v) is 8.03. The highest BCUT2D eigenvalue weighted by atomic mass is 35.7. The SMILES string of the molecule is Cc1nc(S(=O)(=O)Cl)cn1Cc1ccc(C(F)(F)F)cc1. The van der Waals surface area contributed by atoms with Gasteiger partial charge in [0.15, 0.2) is 5.03 Å². The number of halogens is 4. The van der Waals surface area contributed by atoms with Crippen molar-refractivity contribution >= 4 is 19.7 Å². The molecule has 0 spiro atoms. The Morgan fingerprint density at radius 1 is 1.24 bits per heavy atom. The van der Waals surface area contributed by atoms with Crippen LogP contribution in [0.1, 0.15) is 17.0 Å². The van der Waals surface area contributed by atoms with Crippen LogP contribution in [-0.2, 0) is 21.8 Å². The Morgan fingerprint density at radius 2 is 1.81 bits per heavy atom. The van der Waals surface area contributed by atoms with Gasteiger partial charge in [-0.25, -0.2) is 13.4 Å². The molecule has 0 aliphatic carbocycles. The van der Waals surface area contributed by atoms with Crippen LogP contribution in [0.3, 0.4) is 0 Å². The lowest BCUT2D eigenvalue weighted by Crippen LogP contribution is -2.06. The normalized spacial score (nSPS) is 12.6. The van der Waals surface area contributed by atoms with Crippen LogP contribution in [0.15, 0.2) is 35.5 Å². The zero-order chi connectivity index (χ0) is 15.8. The van der Waals surface area contributed by atoms with Crippen molar-refractivity contribution in [3.8, 4) is 0 Å². The average molecular weight is 339 g/mol. The van der Waals surface area contributed by atoms with E-state index in [-0.39, 0.29) is 11.6 Å². The topological polar surface area (TPSA) is 52.0 Å². The summed E-state index contributed by atoms with van der Waals surface area (Å²) in [5, 5.41) is -0.284. The Labute approximate surface area is 123 Å². The molecule has 1 heterocycles. The summed E-state index contributed by atoms with van der Waals surface area (Å²) in [7, 11) is 1.26. The van der Waals surface area contributed by atoms with Crippen molar-refractivity contribution in [2.75, 3.05) is 0 Å². The van der Waals surface area contributed by atoms with Gasteiger partial charge in [-0.3, -0.25) is 0 Å². The van der Waals surface area contributed by atoms with Crippen LogP contribution in [-0.4, -0.2) is 18.0 Å². The molecule has 4 nitrogen and oxygen atoms in total. The molecule has 2 aromatic rings. The van der Waals surface area contributed by atoms with Crippen molar-refractivity contribution in [1.29, 1.82) is 0 Å². The van der Waals surface area contributed by atoms with Gasteiger partial charge >= 0.3 is 6.18 Å². The standard InChI is InChI=1S/C12H10ClF3N2O2S/c1-8-17-11(21(13,19)20)7-18(8)6-9-2-4-10(5-3-9)12(14,15)16/h2-5,7H,6H2,1H3. The number of aromatic nitrogens is 2. The molecule has 0 aliphatic heterocycles. The van der Waals surface area contributed by atoms with Gasteiger partial charge in [-0.1, -0.05) is 12.1 Å². The second-order valence-corrected chi connectivity index (χ2v) is 6.90. The van der Waals surface area contributed by atoms with Crippen molar-refractivity contribution in [2.24, 2.45) is 0 Å². The first kappa shape index (κ1) is 15.8. The highest BCUT2D eigenvalue weighted by Crippen LogP contribution is 2.29. The Balaban J connectivity index is 2.25. The smallest absolute Gasteiger partial charge is 0.329 e. The van der Waals surface area contributed by atoms with Crippen LogP contribution in [0.25, 0.3) is 0 Å². The van der Waals surface area contributed by atoms with Gasteiger partial charge in [-0.2, -0.15) is 13.2 Å². The third kappa shape index (κ3) is 3.76. The monoisotopic (exact) mass is 338 g/mol. The lowest BCUT2D eigenvalue weighted by molar-refractivity contribution is -0.137. The summed E-state index contributed by atoms with van der Waals surface area (Å²) in [6.07, 6.45) is -3.14. The van der Waals surface area contributed by atoms with Gasteiger partial charge in [0.2, 0.25) is 0 Å². The van der Waals surface area contributed by atoms with Gasteiger partial charge in [-0.05, 0) is 24.6 Å². The molecule has 21 heavy (non-hydrogen) atoms. The molecular weight excluding hydrogens is 329 g/mol. The summed E-state index contributed by atoms with van der Waals surface area (Å²) < 4.78 is 61.2. The Hall–Kier alpha value is -1.54. The summed E-state index contributed by atoms with van der Waals surface area (Å²) in [5.41, 5.74) is -0.153. The Bertz CT molecular complexity index is 752. The van der Waals surface area contributed by atoms with Gasteiger partial charge in [0, 0.05) is 23.4 Å². The van der Waals surface area contributed by atoms with Crippen LogP contribution >= 0.6 is 10.7 Å². The summed E-state index contributed by atoms with van der Waals surface area (Å²) in [5.74, 6) is 0.397. The summed E-state index contributed by atoms with van der Waals surface area (Å²) >= 11 is 0. The molecule has 0 radical (unpaired) electrons. The molecular formula is C12H10ClF3N2O2S. The number of hydrogen-bond donors (Lipinski definition) is 0. The van der Waals surface area contributed by atoms with E-state index in [0.29, 0.717) is 11.4 Å². The third-order valence-corrected chi connectivity index (χ3v) is 4.01. The first-order chi connectivity index (χ1) is 9.57. The van der Waals surface area contributed by atoms with Gasteiger partial charge in [0.1, 0.15) is 5.82 Å². The molecule has 0 N–H and O–H groups in total. The molecule has 0 atom stereocenters. The third-order valence-electron chi connectivity index (χ3n) is 2.84. The molecule has 1 aromatic heterocycles. The second-order valence-electron chi connectivity index (χ2n) is 4.39. The van der Waals surface area contributed by atoms with E-state index in [1.165, 1.54) is 22.9 Å². The van der Waals surface area contributed by atoms with Gasteiger partial charge in [-0.15, -0.1) is 0 Å². The number of hydrogen-bond acceptors (Lipinski definition) is 3. The summed E-state index contributed by atoms with van der Waals surface area (Å²) in [4.78, 5) is 3.80. The second kappa shape index (κ2) is 5.34. The first-order valence-electron chi connectivity index (χ1n) is 5.72. The molecule has 0 aliphatic rings.